The largest absolute Gasteiger partial charge is 0.393 e. The molecule has 0 bridgehead atoms. The monoisotopic (exact) mass is 316 g/mol. The fraction of sp³-hybridized carbons (Fsp3) is 0.643. The van der Waals surface area contributed by atoms with Gasteiger partial charge in [0.05, 0.1) is 23.5 Å². The van der Waals surface area contributed by atoms with Crippen LogP contribution in [0, 0.1) is 5.92 Å². The number of likely N-dealkylation sites (N-methyl/N-ethyl adjacent to an activating group) is 2. The topological polar surface area (TPSA) is 43.8 Å². The van der Waals surface area contributed by atoms with Crippen LogP contribution in [0.3, 0.4) is 0 Å². The van der Waals surface area contributed by atoms with E-state index in [1.807, 2.05) is 31.1 Å². The summed E-state index contributed by atoms with van der Waals surface area (Å²) in [6.45, 7) is 1.90. The number of amides is 1. The van der Waals surface area contributed by atoms with Crippen molar-refractivity contribution in [3.63, 3.8) is 0 Å². The number of hydrogen-bond acceptors (Lipinski definition) is 4. The smallest absolute Gasteiger partial charge is 0.236 e. The van der Waals surface area contributed by atoms with E-state index in [2.05, 4.69) is 0 Å². The van der Waals surface area contributed by atoms with Gasteiger partial charge in [0.15, 0.2) is 0 Å². The number of thiophene rings is 1. The predicted octanol–water partition coefficient (Wildman–Crippen LogP) is 2.06. The van der Waals surface area contributed by atoms with E-state index >= 15 is 0 Å². The fourth-order valence-electron chi connectivity index (χ4n) is 2.47. The van der Waals surface area contributed by atoms with Gasteiger partial charge in [-0.25, -0.2) is 0 Å². The number of aliphatic hydroxyl groups excluding tert-OH is 1. The van der Waals surface area contributed by atoms with Gasteiger partial charge in [0.25, 0.3) is 0 Å². The molecule has 0 unspecified atom stereocenters. The molecule has 1 amide bonds. The molecule has 1 fully saturated rings. The van der Waals surface area contributed by atoms with Gasteiger partial charge < -0.3 is 10.0 Å². The number of carbonyl (C=O) groups excluding carboxylic acids is 1. The van der Waals surface area contributed by atoms with Crippen LogP contribution >= 0.6 is 22.9 Å². The van der Waals surface area contributed by atoms with Crippen LogP contribution in [-0.4, -0.2) is 54.1 Å². The standard InChI is InChI=1S/C14H21ClN2O2S/c1-16(7-10-5-11(18)6-10)9-14(19)17(2)8-12-3-4-13(15)20-12/h3-4,10-11,18H,5-9H2,1-2H3. The van der Waals surface area contributed by atoms with Crippen molar-refractivity contribution in [2.45, 2.75) is 25.5 Å². The zero-order valence-corrected chi connectivity index (χ0v) is 13.5. The lowest BCUT2D eigenvalue weighted by Crippen LogP contribution is -2.41. The van der Waals surface area contributed by atoms with E-state index in [0.717, 1.165) is 28.6 Å². The van der Waals surface area contributed by atoms with Crippen LogP contribution < -0.4 is 0 Å². The normalized spacial score (nSPS) is 21.9. The summed E-state index contributed by atoms with van der Waals surface area (Å²) in [6, 6.07) is 3.81. The third-order valence-corrected chi connectivity index (χ3v) is 4.85. The van der Waals surface area contributed by atoms with Crippen molar-refractivity contribution in [1.29, 1.82) is 0 Å². The molecule has 1 N–H and O–H groups in total. The first-order valence-corrected chi connectivity index (χ1v) is 7.98. The molecule has 1 aromatic rings. The van der Waals surface area contributed by atoms with Crippen molar-refractivity contribution in [2.24, 2.45) is 5.92 Å². The minimum absolute atomic E-state index is 0.108. The molecule has 20 heavy (non-hydrogen) atoms. The van der Waals surface area contributed by atoms with Gasteiger partial charge in [-0.2, -0.15) is 0 Å². The lowest BCUT2D eigenvalue weighted by molar-refractivity contribution is -0.131. The van der Waals surface area contributed by atoms with Crippen LogP contribution in [0.15, 0.2) is 12.1 Å². The number of halogens is 1. The summed E-state index contributed by atoms with van der Waals surface area (Å²) < 4.78 is 0.751. The van der Waals surface area contributed by atoms with Gasteiger partial charge in [0, 0.05) is 18.5 Å². The molecule has 0 atom stereocenters. The summed E-state index contributed by atoms with van der Waals surface area (Å²) in [4.78, 5) is 17.0. The lowest BCUT2D eigenvalue weighted by atomic mass is 9.82. The molecule has 4 nitrogen and oxygen atoms in total. The average molecular weight is 317 g/mol. The molecular weight excluding hydrogens is 296 g/mol. The van der Waals surface area contributed by atoms with Gasteiger partial charge in [-0.15, -0.1) is 11.3 Å². The first-order valence-electron chi connectivity index (χ1n) is 6.79. The molecule has 0 aliphatic heterocycles. The van der Waals surface area contributed by atoms with Crippen molar-refractivity contribution in [1.82, 2.24) is 9.80 Å². The van der Waals surface area contributed by atoms with Crippen molar-refractivity contribution in [2.75, 3.05) is 27.2 Å². The fourth-order valence-corrected chi connectivity index (χ4v) is 3.61. The van der Waals surface area contributed by atoms with Gasteiger partial charge in [0.1, 0.15) is 0 Å². The Balaban J connectivity index is 1.72. The molecule has 1 heterocycles. The van der Waals surface area contributed by atoms with Crippen molar-refractivity contribution in [3.8, 4) is 0 Å². The Morgan fingerprint density at radius 1 is 1.45 bits per heavy atom. The van der Waals surface area contributed by atoms with Crippen LogP contribution in [0.2, 0.25) is 4.34 Å². The summed E-state index contributed by atoms with van der Waals surface area (Å²) in [5.41, 5.74) is 0. The highest BCUT2D eigenvalue weighted by molar-refractivity contribution is 7.16. The van der Waals surface area contributed by atoms with Gasteiger partial charge in [0.2, 0.25) is 5.91 Å². The van der Waals surface area contributed by atoms with Crippen LogP contribution in [0.1, 0.15) is 17.7 Å². The summed E-state index contributed by atoms with van der Waals surface area (Å²) in [7, 11) is 3.77. The first kappa shape index (κ1) is 15.8. The molecule has 1 saturated carbocycles. The molecule has 112 valence electrons. The zero-order valence-electron chi connectivity index (χ0n) is 11.9. The molecule has 0 aromatic carbocycles. The SMILES string of the molecule is CN(CC(=O)N(C)Cc1ccc(Cl)s1)CC1CC(O)C1. The third-order valence-electron chi connectivity index (χ3n) is 3.63. The van der Waals surface area contributed by atoms with E-state index in [-0.39, 0.29) is 12.0 Å². The Kier molecular flexibility index (Phi) is 5.43. The molecule has 6 heteroatoms. The minimum atomic E-state index is -0.129. The van der Waals surface area contributed by atoms with E-state index in [4.69, 9.17) is 11.6 Å². The van der Waals surface area contributed by atoms with Crippen molar-refractivity contribution >= 4 is 28.8 Å². The zero-order chi connectivity index (χ0) is 14.7. The van der Waals surface area contributed by atoms with E-state index < -0.39 is 0 Å². The van der Waals surface area contributed by atoms with Gasteiger partial charge >= 0.3 is 0 Å². The second kappa shape index (κ2) is 6.89. The van der Waals surface area contributed by atoms with E-state index in [1.165, 1.54) is 11.3 Å². The molecule has 0 saturated heterocycles. The molecule has 2 rings (SSSR count). The predicted molar refractivity (Wildman–Crippen MR) is 82.0 cm³/mol. The highest BCUT2D eigenvalue weighted by Gasteiger charge is 2.28. The quantitative estimate of drug-likeness (QED) is 0.873. The maximum Gasteiger partial charge on any atom is 0.236 e. The van der Waals surface area contributed by atoms with Crippen LogP contribution in [0.5, 0.6) is 0 Å². The van der Waals surface area contributed by atoms with E-state index in [0.29, 0.717) is 19.0 Å². The second-order valence-electron chi connectivity index (χ2n) is 5.64. The first-order chi connectivity index (χ1) is 9.44. The Bertz CT molecular complexity index is 460. The Hall–Kier alpha value is -0.620. The molecule has 1 aromatic heterocycles. The van der Waals surface area contributed by atoms with Gasteiger partial charge in [-0.3, -0.25) is 9.69 Å². The third kappa shape index (κ3) is 4.45. The maximum atomic E-state index is 12.1. The van der Waals surface area contributed by atoms with E-state index in [1.54, 1.807) is 4.90 Å². The molecule has 1 aliphatic rings. The molecular formula is C14H21ClN2O2S. The summed E-state index contributed by atoms with van der Waals surface area (Å²) in [5.74, 6) is 0.640. The number of rotatable bonds is 6. The summed E-state index contributed by atoms with van der Waals surface area (Å²) >= 11 is 7.39. The van der Waals surface area contributed by atoms with Gasteiger partial charge in [-0.1, -0.05) is 11.6 Å². The maximum absolute atomic E-state index is 12.1. The summed E-state index contributed by atoms with van der Waals surface area (Å²) in [6.07, 6.45) is 1.60. The Morgan fingerprint density at radius 3 is 2.70 bits per heavy atom. The van der Waals surface area contributed by atoms with Crippen LogP contribution in [0.4, 0.5) is 0 Å². The number of carbonyl (C=O) groups is 1. The van der Waals surface area contributed by atoms with Gasteiger partial charge in [-0.05, 0) is 37.9 Å². The number of nitrogens with zero attached hydrogens (tertiary/aromatic N) is 2. The van der Waals surface area contributed by atoms with Crippen molar-refractivity contribution < 1.29 is 9.90 Å². The van der Waals surface area contributed by atoms with Crippen molar-refractivity contribution in [3.05, 3.63) is 21.3 Å². The molecule has 0 spiro atoms. The Morgan fingerprint density at radius 2 is 2.15 bits per heavy atom. The molecule has 1 aliphatic carbocycles. The molecule has 0 radical (unpaired) electrons. The van der Waals surface area contributed by atoms with Crippen LogP contribution in [-0.2, 0) is 11.3 Å². The number of hydrogen-bond donors (Lipinski definition) is 1. The number of aliphatic hydroxyl groups is 1. The van der Waals surface area contributed by atoms with Crippen LogP contribution in [0.25, 0.3) is 0 Å². The summed E-state index contributed by atoms with van der Waals surface area (Å²) in [5, 5.41) is 9.26. The highest BCUT2D eigenvalue weighted by Crippen LogP contribution is 2.27. The average Bonchev–Trinajstić information content (AvgIpc) is 2.72. The lowest BCUT2D eigenvalue weighted by Gasteiger charge is -2.34. The minimum Gasteiger partial charge on any atom is -0.393 e. The Labute approximate surface area is 128 Å². The van der Waals surface area contributed by atoms with E-state index in [9.17, 15) is 9.90 Å². The highest BCUT2D eigenvalue weighted by atomic mass is 35.5. The second-order valence-corrected chi connectivity index (χ2v) is 7.44.